The highest BCUT2D eigenvalue weighted by atomic mass is 19.4. The molecule has 2 atom stereocenters. The molecule has 1 aromatic carbocycles. The van der Waals surface area contributed by atoms with E-state index in [-0.39, 0.29) is 17.9 Å². The molecular weight excluding hydrogens is 247 g/mol. The molecule has 0 saturated heterocycles. The van der Waals surface area contributed by atoms with Crippen LogP contribution < -0.4 is 10.1 Å². The molecule has 18 heavy (non-hydrogen) atoms. The standard InChI is InChI=1S/C12H16F3NO2/c1-8(17-3)11(16-2)9-6-4-5-7-10(9)18-12(13,14)15/h4-8,11,16H,1-3H3. The molecule has 0 aromatic heterocycles. The molecule has 1 N–H and O–H groups in total. The summed E-state index contributed by atoms with van der Waals surface area (Å²) in [6.07, 6.45) is -4.99. The van der Waals surface area contributed by atoms with Gasteiger partial charge in [-0.15, -0.1) is 13.2 Å². The molecule has 0 aliphatic heterocycles. The second-order valence-electron chi connectivity index (χ2n) is 3.79. The summed E-state index contributed by atoms with van der Waals surface area (Å²) in [5, 5.41) is 2.92. The molecule has 0 aliphatic carbocycles. The maximum atomic E-state index is 12.3. The van der Waals surface area contributed by atoms with Crippen LogP contribution in [0.4, 0.5) is 13.2 Å². The zero-order valence-corrected chi connectivity index (χ0v) is 10.4. The third kappa shape index (κ3) is 3.89. The lowest BCUT2D eigenvalue weighted by Gasteiger charge is -2.25. The van der Waals surface area contributed by atoms with Crippen LogP contribution in [0, 0.1) is 0 Å². The number of rotatable bonds is 5. The first kappa shape index (κ1) is 14.8. The molecule has 102 valence electrons. The van der Waals surface area contributed by atoms with Crippen molar-refractivity contribution >= 4 is 0 Å². The van der Waals surface area contributed by atoms with Crippen molar-refractivity contribution in [2.45, 2.75) is 25.4 Å². The zero-order valence-electron chi connectivity index (χ0n) is 10.4. The molecule has 1 rings (SSSR count). The Labute approximate surface area is 104 Å². The van der Waals surface area contributed by atoms with Gasteiger partial charge in [0.15, 0.2) is 0 Å². The van der Waals surface area contributed by atoms with Gasteiger partial charge in [0.25, 0.3) is 0 Å². The SMILES string of the molecule is CNC(c1ccccc1OC(F)(F)F)C(C)OC. The van der Waals surface area contributed by atoms with E-state index in [4.69, 9.17) is 4.74 Å². The number of methoxy groups -OCH3 is 1. The highest BCUT2D eigenvalue weighted by molar-refractivity contribution is 5.36. The van der Waals surface area contributed by atoms with Crippen molar-refractivity contribution in [2.24, 2.45) is 0 Å². The van der Waals surface area contributed by atoms with Crippen LogP contribution in [0.1, 0.15) is 18.5 Å². The van der Waals surface area contributed by atoms with Crippen molar-refractivity contribution in [3.63, 3.8) is 0 Å². The van der Waals surface area contributed by atoms with Crippen LogP contribution in [0.5, 0.6) is 5.75 Å². The maximum Gasteiger partial charge on any atom is 0.573 e. The van der Waals surface area contributed by atoms with Gasteiger partial charge in [-0.25, -0.2) is 0 Å². The highest BCUT2D eigenvalue weighted by Gasteiger charge is 2.33. The van der Waals surface area contributed by atoms with Gasteiger partial charge in [-0.2, -0.15) is 0 Å². The van der Waals surface area contributed by atoms with Crippen LogP contribution in [0.3, 0.4) is 0 Å². The van der Waals surface area contributed by atoms with Gasteiger partial charge >= 0.3 is 6.36 Å². The van der Waals surface area contributed by atoms with Crippen LogP contribution in [0.15, 0.2) is 24.3 Å². The summed E-state index contributed by atoms with van der Waals surface area (Å²) < 4.78 is 46.1. The topological polar surface area (TPSA) is 30.5 Å². The summed E-state index contributed by atoms with van der Waals surface area (Å²) in [7, 11) is 3.16. The summed E-state index contributed by atoms with van der Waals surface area (Å²) in [5.41, 5.74) is 0.409. The Morgan fingerprint density at radius 1 is 1.22 bits per heavy atom. The smallest absolute Gasteiger partial charge is 0.405 e. The molecule has 3 nitrogen and oxygen atoms in total. The van der Waals surface area contributed by atoms with Gasteiger partial charge in [-0.05, 0) is 20.0 Å². The number of para-hydroxylation sites is 1. The van der Waals surface area contributed by atoms with Gasteiger partial charge in [-0.1, -0.05) is 18.2 Å². The predicted molar refractivity (Wildman–Crippen MR) is 61.4 cm³/mol. The summed E-state index contributed by atoms with van der Waals surface area (Å²) >= 11 is 0. The predicted octanol–water partition coefficient (Wildman–Crippen LogP) is 2.88. The first-order chi connectivity index (χ1) is 8.39. The average molecular weight is 263 g/mol. The Balaban J connectivity index is 3.07. The third-order valence-corrected chi connectivity index (χ3v) is 2.63. The molecule has 0 heterocycles. The normalized spacial score (nSPS) is 15.2. The summed E-state index contributed by atoms with van der Waals surface area (Å²) in [5.74, 6) is -0.215. The molecule has 0 fully saturated rings. The van der Waals surface area contributed by atoms with E-state index in [0.717, 1.165) is 0 Å². The minimum absolute atomic E-state index is 0.215. The molecule has 6 heteroatoms. The molecule has 0 bridgehead atoms. The lowest BCUT2D eigenvalue weighted by atomic mass is 10.0. The quantitative estimate of drug-likeness (QED) is 0.886. The zero-order chi connectivity index (χ0) is 13.8. The Hall–Kier alpha value is -1.27. The van der Waals surface area contributed by atoms with Crippen LogP contribution in [0.2, 0.25) is 0 Å². The van der Waals surface area contributed by atoms with E-state index in [1.807, 2.05) is 0 Å². The monoisotopic (exact) mass is 263 g/mol. The second kappa shape index (κ2) is 6.06. The van der Waals surface area contributed by atoms with Crippen molar-refractivity contribution in [3.8, 4) is 5.75 Å². The second-order valence-corrected chi connectivity index (χ2v) is 3.79. The first-order valence-electron chi connectivity index (χ1n) is 5.43. The van der Waals surface area contributed by atoms with E-state index >= 15 is 0 Å². The van der Waals surface area contributed by atoms with Gasteiger partial charge in [0, 0.05) is 12.7 Å². The van der Waals surface area contributed by atoms with E-state index in [0.29, 0.717) is 5.56 Å². The first-order valence-corrected chi connectivity index (χ1v) is 5.43. The molecular formula is C12H16F3NO2. The number of ether oxygens (including phenoxy) is 2. The average Bonchev–Trinajstić information content (AvgIpc) is 2.30. The van der Waals surface area contributed by atoms with E-state index in [9.17, 15) is 13.2 Å². The minimum atomic E-state index is -4.70. The number of benzene rings is 1. The Bertz CT molecular complexity index is 382. The number of hydrogen-bond donors (Lipinski definition) is 1. The maximum absolute atomic E-state index is 12.3. The molecule has 1 aromatic rings. The molecule has 0 amide bonds. The van der Waals surface area contributed by atoms with E-state index in [2.05, 4.69) is 10.1 Å². The van der Waals surface area contributed by atoms with Gasteiger partial charge in [0.05, 0.1) is 12.1 Å². The lowest BCUT2D eigenvalue weighted by molar-refractivity contribution is -0.275. The summed E-state index contributed by atoms with van der Waals surface area (Å²) in [6, 6.07) is 5.64. The Morgan fingerprint density at radius 3 is 2.33 bits per heavy atom. The van der Waals surface area contributed by atoms with Crippen LogP contribution in [-0.4, -0.2) is 26.6 Å². The number of likely N-dealkylation sites (N-methyl/N-ethyl adjacent to an activating group) is 1. The molecule has 2 unspecified atom stereocenters. The van der Waals surface area contributed by atoms with Gasteiger partial charge in [0.2, 0.25) is 0 Å². The molecule has 0 aliphatic rings. The molecule has 0 saturated carbocycles. The van der Waals surface area contributed by atoms with Crippen LogP contribution in [-0.2, 0) is 4.74 Å². The minimum Gasteiger partial charge on any atom is -0.405 e. The van der Waals surface area contributed by atoms with Gasteiger partial charge in [0.1, 0.15) is 5.75 Å². The largest absolute Gasteiger partial charge is 0.573 e. The summed E-state index contributed by atoms with van der Waals surface area (Å²) in [6.45, 7) is 1.77. The lowest BCUT2D eigenvalue weighted by Crippen LogP contribution is -2.30. The highest BCUT2D eigenvalue weighted by Crippen LogP contribution is 2.31. The number of halogens is 3. The van der Waals surface area contributed by atoms with Crippen LogP contribution in [0.25, 0.3) is 0 Å². The van der Waals surface area contributed by atoms with Crippen molar-refractivity contribution in [1.29, 1.82) is 0 Å². The van der Waals surface area contributed by atoms with Crippen LogP contribution >= 0.6 is 0 Å². The van der Waals surface area contributed by atoms with Crippen molar-refractivity contribution < 1.29 is 22.6 Å². The third-order valence-electron chi connectivity index (χ3n) is 2.63. The molecule has 0 radical (unpaired) electrons. The Morgan fingerprint density at radius 2 is 1.83 bits per heavy atom. The summed E-state index contributed by atoms with van der Waals surface area (Å²) in [4.78, 5) is 0. The van der Waals surface area contributed by atoms with Crippen molar-refractivity contribution in [3.05, 3.63) is 29.8 Å². The Kier molecular flexibility index (Phi) is 4.98. The fourth-order valence-corrected chi connectivity index (χ4v) is 1.73. The molecule has 0 spiro atoms. The van der Waals surface area contributed by atoms with E-state index in [1.54, 1.807) is 26.1 Å². The number of alkyl halides is 3. The van der Waals surface area contributed by atoms with E-state index < -0.39 is 6.36 Å². The van der Waals surface area contributed by atoms with Crippen molar-refractivity contribution in [1.82, 2.24) is 5.32 Å². The van der Waals surface area contributed by atoms with Crippen molar-refractivity contribution in [2.75, 3.05) is 14.2 Å². The number of nitrogens with one attached hydrogen (secondary N) is 1. The van der Waals surface area contributed by atoms with Gasteiger partial charge in [-0.3, -0.25) is 0 Å². The fraction of sp³-hybridized carbons (Fsp3) is 0.500. The fourth-order valence-electron chi connectivity index (χ4n) is 1.73. The number of hydrogen-bond acceptors (Lipinski definition) is 3. The van der Waals surface area contributed by atoms with Gasteiger partial charge < -0.3 is 14.8 Å². The van der Waals surface area contributed by atoms with E-state index in [1.165, 1.54) is 19.2 Å².